The molecule has 1 saturated heterocycles. The Kier molecular flexibility index (Phi) is 7.24. The predicted molar refractivity (Wildman–Crippen MR) is 127 cm³/mol. The lowest BCUT2D eigenvalue weighted by Crippen LogP contribution is -2.47. The van der Waals surface area contributed by atoms with Crippen molar-refractivity contribution in [2.45, 2.75) is 37.6 Å². The number of halogens is 3. The van der Waals surface area contributed by atoms with Crippen molar-refractivity contribution in [1.82, 2.24) is 10.2 Å². The minimum Gasteiger partial charge on any atom is -0.350 e. The van der Waals surface area contributed by atoms with E-state index in [9.17, 15) is 22.8 Å². The van der Waals surface area contributed by atoms with E-state index < -0.39 is 34.3 Å². The normalized spacial score (nSPS) is 15.9. The molecule has 0 aliphatic carbocycles. The summed E-state index contributed by atoms with van der Waals surface area (Å²) in [5, 5.41) is 3.07. The van der Waals surface area contributed by atoms with Gasteiger partial charge in [-0.3, -0.25) is 9.59 Å². The summed E-state index contributed by atoms with van der Waals surface area (Å²) in [5.74, 6) is -4.49. The van der Waals surface area contributed by atoms with Gasteiger partial charge in [-0.05, 0) is 37.0 Å². The first-order valence-corrected chi connectivity index (χ1v) is 11.6. The third kappa shape index (κ3) is 5.39. The van der Waals surface area contributed by atoms with Gasteiger partial charge in [0.2, 0.25) is 5.91 Å². The zero-order valence-corrected chi connectivity index (χ0v) is 19.4. The number of carbonyl (C=O) groups excluding carboxylic acids is 2. The van der Waals surface area contributed by atoms with Crippen LogP contribution in [0.3, 0.4) is 0 Å². The van der Waals surface area contributed by atoms with Crippen molar-refractivity contribution in [1.29, 1.82) is 0 Å². The average Bonchev–Trinajstić information content (AvgIpc) is 2.87. The van der Waals surface area contributed by atoms with E-state index in [2.05, 4.69) is 5.32 Å². The molecule has 1 N–H and O–H groups in total. The summed E-state index contributed by atoms with van der Waals surface area (Å²) in [7, 11) is 0. The van der Waals surface area contributed by atoms with Crippen LogP contribution in [0.15, 0.2) is 72.8 Å². The number of amides is 2. The summed E-state index contributed by atoms with van der Waals surface area (Å²) < 4.78 is 41.1. The molecule has 4 nitrogen and oxygen atoms in total. The molecule has 1 unspecified atom stereocenters. The molecule has 3 aromatic rings. The standard InChI is InChI=1S/C28H27F3N2O2/c1-19(20-8-4-2-5-9-20)32-26(34)18-28(21-10-6-3-7-11-21)12-14-33(15-13-28)27(35)22-16-24(30)25(31)17-23(22)29/h2-11,16-17,19H,12-15,18H2,1H3,(H,32,34). The van der Waals surface area contributed by atoms with Crippen LogP contribution < -0.4 is 5.32 Å². The van der Waals surface area contributed by atoms with Crippen LogP contribution in [0.2, 0.25) is 0 Å². The van der Waals surface area contributed by atoms with Gasteiger partial charge in [-0.1, -0.05) is 60.7 Å². The first-order valence-electron chi connectivity index (χ1n) is 11.6. The summed E-state index contributed by atoms with van der Waals surface area (Å²) in [6.45, 7) is 2.45. The molecule has 2 amide bonds. The second kappa shape index (κ2) is 10.3. The molecule has 0 saturated carbocycles. The van der Waals surface area contributed by atoms with Crippen molar-refractivity contribution in [3.05, 3.63) is 107 Å². The van der Waals surface area contributed by atoms with Gasteiger partial charge in [-0.2, -0.15) is 0 Å². The number of rotatable bonds is 6. The van der Waals surface area contributed by atoms with Crippen LogP contribution in [-0.4, -0.2) is 29.8 Å². The largest absolute Gasteiger partial charge is 0.350 e. The lowest BCUT2D eigenvalue weighted by molar-refractivity contribution is -0.123. The predicted octanol–water partition coefficient (Wildman–Crippen LogP) is 5.55. The van der Waals surface area contributed by atoms with E-state index in [4.69, 9.17) is 0 Å². The fourth-order valence-electron chi connectivity index (χ4n) is 4.78. The number of benzene rings is 3. The van der Waals surface area contributed by atoms with Gasteiger partial charge in [-0.25, -0.2) is 13.2 Å². The van der Waals surface area contributed by atoms with Gasteiger partial charge in [0.05, 0.1) is 11.6 Å². The third-order valence-corrected chi connectivity index (χ3v) is 6.81. The number of hydrogen-bond donors (Lipinski definition) is 1. The maximum Gasteiger partial charge on any atom is 0.256 e. The minimum atomic E-state index is -1.34. The highest BCUT2D eigenvalue weighted by Gasteiger charge is 2.40. The van der Waals surface area contributed by atoms with Crippen molar-refractivity contribution in [2.75, 3.05) is 13.1 Å². The SMILES string of the molecule is CC(NC(=O)CC1(c2ccccc2)CCN(C(=O)c2cc(F)c(F)cc2F)CC1)c1ccccc1. The molecular weight excluding hydrogens is 453 g/mol. The van der Waals surface area contributed by atoms with Crippen LogP contribution >= 0.6 is 0 Å². The quantitative estimate of drug-likeness (QED) is 0.471. The molecule has 1 fully saturated rings. The Bertz CT molecular complexity index is 1190. The number of nitrogens with zero attached hydrogens (tertiary/aromatic N) is 1. The molecule has 1 aliphatic rings. The lowest BCUT2D eigenvalue weighted by atomic mass is 9.70. The second-order valence-corrected chi connectivity index (χ2v) is 9.06. The molecule has 182 valence electrons. The Balaban J connectivity index is 1.50. The van der Waals surface area contributed by atoms with Crippen LogP contribution in [0.4, 0.5) is 13.2 Å². The zero-order chi connectivity index (χ0) is 25.0. The summed E-state index contributed by atoms with van der Waals surface area (Å²) in [4.78, 5) is 27.4. The highest BCUT2D eigenvalue weighted by molar-refractivity contribution is 5.94. The molecule has 0 bridgehead atoms. The van der Waals surface area contributed by atoms with E-state index in [0.29, 0.717) is 25.0 Å². The van der Waals surface area contributed by atoms with E-state index in [-0.39, 0.29) is 31.5 Å². The summed E-state index contributed by atoms with van der Waals surface area (Å²) >= 11 is 0. The van der Waals surface area contributed by atoms with Crippen molar-refractivity contribution in [3.8, 4) is 0 Å². The van der Waals surface area contributed by atoms with Gasteiger partial charge in [0.15, 0.2) is 11.6 Å². The minimum absolute atomic E-state index is 0.100. The molecule has 4 rings (SSSR count). The van der Waals surface area contributed by atoms with Crippen molar-refractivity contribution >= 4 is 11.8 Å². The zero-order valence-electron chi connectivity index (χ0n) is 19.4. The van der Waals surface area contributed by atoms with Crippen LogP contribution in [-0.2, 0) is 10.2 Å². The Morgan fingerprint density at radius 1 is 0.886 bits per heavy atom. The third-order valence-electron chi connectivity index (χ3n) is 6.81. The molecule has 35 heavy (non-hydrogen) atoms. The first kappa shape index (κ1) is 24.5. The maximum absolute atomic E-state index is 14.2. The van der Waals surface area contributed by atoms with E-state index >= 15 is 0 Å². The highest BCUT2D eigenvalue weighted by atomic mass is 19.2. The average molecular weight is 481 g/mol. The van der Waals surface area contributed by atoms with Crippen LogP contribution in [0.5, 0.6) is 0 Å². The Morgan fingerprint density at radius 3 is 2.09 bits per heavy atom. The molecule has 7 heteroatoms. The molecule has 1 aliphatic heterocycles. The van der Waals surface area contributed by atoms with Crippen LogP contribution in [0, 0.1) is 17.5 Å². The topological polar surface area (TPSA) is 49.4 Å². The van der Waals surface area contributed by atoms with Gasteiger partial charge in [-0.15, -0.1) is 0 Å². The summed E-state index contributed by atoms with van der Waals surface area (Å²) in [6.07, 6.45) is 1.18. The summed E-state index contributed by atoms with van der Waals surface area (Å²) in [5.41, 5.74) is 0.994. The molecule has 0 spiro atoms. The van der Waals surface area contributed by atoms with Crippen LogP contribution in [0.1, 0.15) is 53.7 Å². The lowest BCUT2D eigenvalue weighted by Gasteiger charge is -2.42. The van der Waals surface area contributed by atoms with E-state index in [0.717, 1.165) is 11.1 Å². The van der Waals surface area contributed by atoms with Crippen molar-refractivity contribution < 1.29 is 22.8 Å². The van der Waals surface area contributed by atoms with Gasteiger partial charge < -0.3 is 10.2 Å². The molecule has 3 aromatic carbocycles. The number of likely N-dealkylation sites (tertiary alicyclic amines) is 1. The molecule has 0 radical (unpaired) electrons. The Morgan fingerprint density at radius 2 is 1.46 bits per heavy atom. The van der Waals surface area contributed by atoms with Gasteiger partial charge >= 0.3 is 0 Å². The van der Waals surface area contributed by atoms with E-state index in [1.807, 2.05) is 67.6 Å². The first-order chi connectivity index (χ1) is 16.8. The Labute approximate surface area is 202 Å². The van der Waals surface area contributed by atoms with Crippen molar-refractivity contribution in [2.24, 2.45) is 0 Å². The molecule has 1 atom stereocenters. The fourth-order valence-corrected chi connectivity index (χ4v) is 4.78. The molecule has 0 aromatic heterocycles. The Hall–Kier alpha value is -3.61. The summed E-state index contributed by atoms with van der Waals surface area (Å²) in [6, 6.07) is 20.2. The smallest absolute Gasteiger partial charge is 0.256 e. The van der Waals surface area contributed by atoms with E-state index in [1.54, 1.807) is 0 Å². The van der Waals surface area contributed by atoms with Crippen molar-refractivity contribution in [3.63, 3.8) is 0 Å². The molecular formula is C28H27F3N2O2. The number of hydrogen-bond acceptors (Lipinski definition) is 2. The number of nitrogens with one attached hydrogen (secondary N) is 1. The second-order valence-electron chi connectivity index (χ2n) is 9.06. The van der Waals surface area contributed by atoms with E-state index in [1.165, 1.54) is 4.90 Å². The van der Waals surface area contributed by atoms with Crippen LogP contribution in [0.25, 0.3) is 0 Å². The monoisotopic (exact) mass is 480 g/mol. The van der Waals surface area contributed by atoms with Gasteiger partial charge in [0.25, 0.3) is 5.91 Å². The molecule has 1 heterocycles. The van der Waals surface area contributed by atoms with Gasteiger partial charge in [0, 0.05) is 31.0 Å². The highest BCUT2D eigenvalue weighted by Crippen LogP contribution is 2.39. The number of piperidine rings is 1. The maximum atomic E-state index is 14.2. The van der Waals surface area contributed by atoms with Gasteiger partial charge in [0.1, 0.15) is 5.82 Å². The fraction of sp³-hybridized carbons (Fsp3) is 0.286. The number of carbonyl (C=O) groups is 2.